The zero-order valence-electron chi connectivity index (χ0n) is 23.6. The molecule has 2 amide bonds. The Balaban J connectivity index is 1.53. The molecule has 2 heterocycles. The molecule has 0 bridgehead atoms. The third kappa shape index (κ3) is 8.52. The molecule has 4 aromatic rings. The summed E-state index contributed by atoms with van der Waals surface area (Å²) in [6.45, 7) is 3.14. The molecule has 0 saturated carbocycles. The average molecular weight is 622 g/mol. The molecule has 13 heteroatoms. The summed E-state index contributed by atoms with van der Waals surface area (Å²) in [5, 5.41) is 12.5. The van der Waals surface area contributed by atoms with Crippen LogP contribution in [0, 0.1) is 0 Å². The summed E-state index contributed by atoms with van der Waals surface area (Å²) < 4.78 is 27.3. The number of aliphatic carboxylic acids is 1. The van der Waals surface area contributed by atoms with E-state index in [1.54, 1.807) is 18.2 Å². The van der Waals surface area contributed by atoms with E-state index < -0.39 is 33.8 Å². The second kappa shape index (κ2) is 14.1. The number of carboxylic acid groups (broad SMARTS) is 1. The molecule has 2 aromatic carbocycles. The van der Waals surface area contributed by atoms with Gasteiger partial charge in [-0.2, -0.15) is 0 Å². The number of nitrogens with zero attached hydrogens (tertiary/aromatic N) is 3. The average Bonchev–Trinajstić information content (AvgIpc) is 3.35. The van der Waals surface area contributed by atoms with Crippen molar-refractivity contribution in [2.24, 2.45) is 0 Å². The second-order valence-corrected chi connectivity index (χ2v) is 12.6. The van der Waals surface area contributed by atoms with E-state index in [1.165, 1.54) is 29.8 Å². The first-order chi connectivity index (χ1) is 20.6. The van der Waals surface area contributed by atoms with Gasteiger partial charge in [-0.15, -0.1) is 11.3 Å². The molecule has 0 aliphatic carbocycles. The van der Waals surface area contributed by atoms with Crippen LogP contribution in [0.1, 0.15) is 58.3 Å². The minimum Gasteiger partial charge on any atom is -0.481 e. The Morgan fingerprint density at radius 1 is 1.00 bits per heavy atom. The summed E-state index contributed by atoms with van der Waals surface area (Å²) >= 11 is 1.27. The first-order valence-corrected chi connectivity index (χ1v) is 15.8. The van der Waals surface area contributed by atoms with Crippen molar-refractivity contribution in [1.29, 1.82) is 0 Å². The van der Waals surface area contributed by atoms with E-state index in [1.807, 2.05) is 42.0 Å². The second-order valence-electron chi connectivity index (χ2n) is 9.82. The number of carbonyl (C=O) groups excluding carboxylic acids is 2. The highest BCUT2D eigenvalue weighted by molar-refractivity contribution is 7.90. The van der Waals surface area contributed by atoms with E-state index >= 15 is 0 Å². The highest BCUT2D eigenvalue weighted by atomic mass is 32.2. The van der Waals surface area contributed by atoms with Gasteiger partial charge in [0.2, 0.25) is 5.91 Å². The number of thiazole rings is 1. The summed E-state index contributed by atoms with van der Waals surface area (Å²) in [5.41, 5.74) is 2.75. The number of sulfonamides is 1. The van der Waals surface area contributed by atoms with Gasteiger partial charge in [0, 0.05) is 36.0 Å². The summed E-state index contributed by atoms with van der Waals surface area (Å²) in [6, 6.07) is 14.9. The number of benzene rings is 2. The zero-order valence-corrected chi connectivity index (χ0v) is 25.2. The van der Waals surface area contributed by atoms with Crippen LogP contribution in [0.25, 0.3) is 11.3 Å². The molecule has 3 N–H and O–H groups in total. The number of nitrogens with one attached hydrogen (secondary N) is 2. The fourth-order valence-electron chi connectivity index (χ4n) is 4.49. The van der Waals surface area contributed by atoms with Gasteiger partial charge in [0.25, 0.3) is 15.9 Å². The SMILES string of the molecule is CCCc1sc(C(=O)NC(CC(=O)O)Cc2ccccc2)nc1Cc1cnc(-c2ccccc2S(=O)(=O)NC(C)=O)cn1. The number of hydrogen-bond donors (Lipinski definition) is 3. The van der Waals surface area contributed by atoms with Gasteiger partial charge in [-0.3, -0.25) is 24.4 Å². The van der Waals surface area contributed by atoms with Crippen LogP contribution < -0.4 is 10.0 Å². The highest BCUT2D eigenvalue weighted by Gasteiger charge is 2.23. The van der Waals surface area contributed by atoms with Crippen LogP contribution in [0.4, 0.5) is 0 Å². The van der Waals surface area contributed by atoms with Gasteiger partial charge in [-0.25, -0.2) is 18.1 Å². The molecule has 4 rings (SSSR count). The number of amides is 2. The van der Waals surface area contributed by atoms with Gasteiger partial charge < -0.3 is 10.4 Å². The minimum atomic E-state index is -4.09. The van der Waals surface area contributed by atoms with Gasteiger partial charge in [0.05, 0.1) is 34.6 Å². The Bertz CT molecular complexity index is 1710. The number of carbonyl (C=O) groups is 3. The first-order valence-electron chi connectivity index (χ1n) is 13.5. The zero-order chi connectivity index (χ0) is 31.0. The van der Waals surface area contributed by atoms with E-state index in [0.29, 0.717) is 41.9 Å². The Morgan fingerprint density at radius 2 is 1.72 bits per heavy atom. The topological polar surface area (TPSA) is 168 Å². The highest BCUT2D eigenvalue weighted by Crippen LogP contribution is 2.27. The predicted octanol–water partition coefficient (Wildman–Crippen LogP) is 3.78. The molecule has 0 spiro atoms. The maximum Gasteiger partial charge on any atom is 0.305 e. The van der Waals surface area contributed by atoms with Crippen molar-refractivity contribution in [2.45, 2.75) is 56.9 Å². The maximum absolute atomic E-state index is 13.2. The fourth-order valence-corrected chi connectivity index (χ4v) is 6.78. The first kappa shape index (κ1) is 31.4. The Hall–Kier alpha value is -4.49. The lowest BCUT2D eigenvalue weighted by atomic mass is 10.0. The molecule has 224 valence electrons. The number of hydrogen-bond acceptors (Lipinski definition) is 9. The normalized spacial score (nSPS) is 12.0. The summed E-state index contributed by atoms with van der Waals surface area (Å²) in [6.07, 6.45) is 4.94. The lowest BCUT2D eigenvalue weighted by Crippen LogP contribution is -2.38. The van der Waals surface area contributed by atoms with E-state index in [-0.39, 0.29) is 16.3 Å². The Kier molecular flexibility index (Phi) is 10.3. The van der Waals surface area contributed by atoms with Crippen molar-refractivity contribution >= 4 is 39.1 Å². The molecule has 11 nitrogen and oxygen atoms in total. The molecule has 1 unspecified atom stereocenters. The molecule has 43 heavy (non-hydrogen) atoms. The molecule has 2 aromatic heterocycles. The largest absolute Gasteiger partial charge is 0.481 e. The van der Waals surface area contributed by atoms with Crippen LogP contribution in [-0.2, 0) is 38.9 Å². The maximum atomic E-state index is 13.2. The molecule has 0 aliphatic rings. The van der Waals surface area contributed by atoms with Crippen LogP contribution in [0.5, 0.6) is 0 Å². The fraction of sp³-hybridized carbons (Fsp3) is 0.267. The molecule has 0 saturated heterocycles. The van der Waals surface area contributed by atoms with Crippen LogP contribution >= 0.6 is 11.3 Å². The van der Waals surface area contributed by atoms with Gasteiger partial charge in [0.15, 0.2) is 5.01 Å². The van der Waals surface area contributed by atoms with Crippen molar-refractivity contribution in [3.05, 3.63) is 93.8 Å². The number of aromatic nitrogens is 3. The third-order valence-corrected chi connectivity index (χ3v) is 8.96. The summed E-state index contributed by atoms with van der Waals surface area (Å²) in [5.74, 6) is -2.15. The predicted molar refractivity (Wildman–Crippen MR) is 161 cm³/mol. The molecular formula is C30H31N5O6S2. The van der Waals surface area contributed by atoms with Crippen LogP contribution in [-0.4, -0.2) is 52.3 Å². The van der Waals surface area contributed by atoms with E-state index in [9.17, 15) is 27.9 Å². The van der Waals surface area contributed by atoms with Crippen molar-refractivity contribution in [3.63, 3.8) is 0 Å². The molecule has 0 radical (unpaired) electrons. The van der Waals surface area contributed by atoms with Crippen molar-refractivity contribution in [1.82, 2.24) is 25.0 Å². The third-order valence-electron chi connectivity index (χ3n) is 6.32. The lowest BCUT2D eigenvalue weighted by Gasteiger charge is -2.16. The molecule has 0 aliphatic heterocycles. The molecule has 1 atom stereocenters. The molecule has 0 fully saturated rings. The number of rotatable bonds is 13. The quantitative estimate of drug-likeness (QED) is 0.201. The van der Waals surface area contributed by atoms with E-state index in [2.05, 4.69) is 20.3 Å². The van der Waals surface area contributed by atoms with Gasteiger partial charge in [-0.05, 0) is 24.5 Å². The standard InChI is InChI=1S/C30H31N5O6S2/c1-3-9-26-24(34-30(42-26)29(39)33-21(16-28(37)38)14-20-10-5-4-6-11-20)15-22-17-32-25(18-31-22)23-12-7-8-13-27(23)43(40,41)35-19(2)36/h4-8,10-13,17-18,21H,3,9,14-16H2,1-2H3,(H,33,39)(H,35,36)(H,37,38). The van der Waals surface area contributed by atoms with Crippen LogP contribution in [0.2, 0.25) is 0 Å². The van der Waals surface area contributed by atoms with Crippen LogP contribution in [0.15, 0.2) is 71.9 Å². The lowest BCUT2D eigenvalue weighted by molar-refractivity contribution is -0.137. The van der Waals surface area contributed by atoms with Gasteiger partial charge in [-0.1, -0.05) is 61.9 Å². The minimum absolute atomic E-state index is 0.0962. The monoisotopic (exact) mass is 621 g/mol. The number of aryl methyl sites for hydroxylation is 1. The van der Waals surface area contributed by atoms with Crippen LogP contribution in [0.3, 0.4) is 0 Å². The van der Waals surface area contributed by atoms with Gasteiger partial charge in [0.1, 0.15) is 0 Å². The smallest absolute Gasteiger partial charge is 0.305 e. The van der Waals surface area contributed by atoms with Crippen molar-refractivity contribution < 1.29 is 27.9 Å². The number of carboxylic acids is 1. The van der Waals surface area contributed by atoms with E-state index in [4.69, 9.17) is 0 Å². The van der Waals surface area contributed by atoms with Gasteiger partial charge >= 0.3 is 5.97 Å². The Morgan fingerprint density at radius 3 is 2.37 bits per heavy atom. The van der Waals surface area contributed by atoms with E-state index in [0.717, 1.165) is 23.8 Å². The summed E-state index contributed by atoms with van der Waals surface area (Å²) in [4.78, 5) is 50.4. The van der Waals surface area contributed by atoms with Crippen molar-refractivity contribution in [3.8, 4) is 11.3 Å². The molecular weight excluding hydrogens is 590 g/mol. The Labute approximate surface area is 253 Å². The summed E-state index contributed by atoms with van der Waals surface area (Å²) in [7, 11) is -4.09. The van der Waals surface area contributed by atoms with Crippen molar-refractivity contribution in [2.75, 3.05) is 0 Å².